The Morgan fingerprint density at radius 1 is 1.35 bits per heavy atom. The normalized spacial score (nSPS) is 11.0. The van der Waals surface area contributed by atoms with Crippen molar-refractivity contribution in [1.82, 2.24) is 0 Å². The van der Waals surface area contributed by atoms with Gasteiger partial charge in [-0.1, -0.05) is 18.2 Å². The lowest BCUT2D eigenvalue weighted by Crippen LogP contribution is -2.45. The van der Waals surface area contributed by atoms with Gasteiger partial charge in [-0.15, -0.1) is 0 Å². The van der Waals surface area contributed by atoms with E-state index in [1.807, 2.05) is 20.8 Å². The van der Waals surface area contributed by atoms with Crippen LogP contribution in [0.2, 0.25) is 0 Å². The molecule has 0 unspecified atom stereocenters. The minimum Gasteiger partial charge on any atom is -0.465 e. The Morgan fingerprint density at radius 2 is 1.94 bits per heavy atom. The number of rotatable bonds is 3. The largest absolute Gasteiger partial charge is 0.465 e. The first-order chi connectivity index (χ1) is 7.88. The molecule has 0 saturated heterocycles. The number of hydrogen-bond donors (Lipinski definition) is 1. The molecule has 0 spiro atoms. The molecule has 0 aliphatic carbocycles. The highest BCUT2D eigenvalue weighted by Gasteiger charge is 2.29. The van der Waals surface area contributed by atoms with Gasteiger partial charge in [-0.2, -0.15) is 0 Å². The number of hydrogen-bond acceptors (Lipinski definition) is 2. The Bertz CT molecular complexity index is 421. The molecule has 1 aromatic carbocycles. The maximum Gasteiger partial charge on any atom is 0.412 e. The Balaban J connectivity index is 3.28. The summed E-state index contributed by atoms with van der Waals surface area (Å²) in [5.41, 5.74) is 0.740. The SMILES string of the molecule is CC(C)(C)N(C(=O)O)c1ccccc1CC=O. The van der Waals surface area contributed by atoms with Crippen molar-refractivity contribution in [2.75, 3.05) is 4.90 Å². The molecular weight excluding hydrogens is 218 g/mol. The number of carbonyl (C=O) groups excluding carboxylic acids is 1. The van der Waals surface area contributed by atoms with Crippen LogP contribution in [0.3, 0.4) is 0 Å². The van der Waals surface area contributed by atoms with E-state index in [9.17, 15) is 14.7 Å². The highest BCUT2D eigenvalue weighted by molar-refractivity contribution is 5.89. The summed E-state index contributed by atoms with van der Waals surface area (Å²) in [6.45, 7) is 5.45. The average molecular weight is 235 g/mol. The van der Waals surface area contributed by atoms with E-state index in [1.54, 1.807) is 24.3 Å². The second-order valence-electron chi connectivity index (χ2n) is 4.79. The topological polar surface area (TPSA) is 57.6 Å². The van der Waals surface area contributed by atoms with Gasteiger partial charge in [-0.05, 0) is 32.4 Å². The van der Waals surface area contributed by atoms with Gasteiger partial charge in [0.1, 0.15) is 6.29 Å². The van der Waals surface area contributed by atoms with Gasteiger partial charge in [0.15, 0.2) is 0 Å². The van der Waals surface area contributed by atoms with Crippen molar-refractivity contribution in [3.63, 3.8) is 0 Å². The summed E-state index contributed by atoms with van der Waals surface area (Å²) in [5.74, 6) is 0. The summed E-state index contributed by atoms with van der Waals surface area (Å²) in [6, 6.07) is 7.06. The summed E-state index contributed by atoms with van der Waals surface area (Å²) < 4.78 is 0. The molecular formula is C13H17NO3. The molecule has 0 heterocycles. The van der Waals surface area contributed by atoms with Crippen LogP contribution in [0.1, 0.15) is 26.3 Å². The summed E-state index contributed by atoms with van der Waals surface area (Å²) in [7, 11) is 0. The Labute approximate surface area is 101 Å². The fourth-order valence-electron chi connectivity index (χ4n) is 1.74. The molecule has 0 fully saturated rings. The molecule has 1 aromatic rings. The molecule has 1 amide bonds. The molecule has 1 rings (SSSR count). The average Bonchev–Trinajstić information content (AvgIpc) is 2.18. The van der Waals surface area contributed by atoms with Crippen LogP contribution in [0.5, 0.6) is 0 Å². The van der Waals surface area contributed by atoms with Gasteiger partial charge in [0.2, 0.25) is 0 Å². The lowest BCUT2D eigenvalue weighted by molar-refractivity contribution is -0.107. The predicted octanol–water partition coefficient (Wildman–Crippen LogP) is 2.71. The zero-order valence-corrected chi connectivity index (χ0v) is 10.3. The number of carboxylic acid groups (broad SMARTS) is 1. The minimum absolute atomic E-state index is 0.218. The Morgan fingerprint density at radius 3 is 2.41 bits per heavy atom. The number of amides is 1. The fourth-order valence-corrected chi connectivity index (χ4v) is 1.74. The second-order valence-corrected chi connectivity index (χ2v) is 4.79. The molecule has 1 N–H and O–H groups in total. The van der Waals surface area contributed by atoms with Gasteiger partial charge in [0.05, 0.1) is 5.69 Å². The van der Waals surface area contributed by atoms with Gasteiger partial charge in [-0.3, -0.25) is 4.90 Å². The van der Waals surface area contributed by atoms with Gasteiger partial charge < -0.3 is 9.90 Å². The first-order valence-corrected chi connectivity index (χ1v) is 5.42. The molecule has 0 saturated carbocycles. The van der Waals surface area contributed by atoms with Crippen molar-refractivity contribution >= 4 is 18.1 Å². The molecule has 4 heteroatoms. The predicted molar refractivity (Wildman–Crippen MR) is 66.5 cm³/mol. The van der Waals surface area contributed by atoms with Crippen LogP contribution in [0.25, 0.3) is 0 Å². The zero-order valence-electron chi connectivity index (χ0n) is 10.3. The van der Waals surface area contributed by atoms with Crippen LogP contribution >= 0.6 is 0 Å². The molecule has 92 valence electrons. The third-order valence-electron chi connectivity index (χ3n) is 2.40. The number of nitrogens with zero attached hydrogens (tertiary/aromatic N) is 1. The number of benzene rings is 1. The minimum atomic E-state index is -1.02. The first kappa shape index (κ1) is 13.2. The molecule has 4 nitrogen and oxygen atoms in total. The van der Waals surface area contributed by atoms with E-state index >= 15 is 0 Å². The van der Waals surface area contributed by atoms with Crippen molar-refractivity contribution in [2.24, 2.45) is 0 Å². The Kier molecular flexibility index (Phi) is 3.89. The summed E-state index contributed by atoms with van der Waals surface area (Å²) in [6.07, 6.45) is -0.0202. The van der Waals surface area contributed by atoms with Crippen molar-refractivity contribution < 1.29 is 14.7 Å². The summed E-state index contributed by atoms with van der Waals surface area (Å²) in [4.78, 5) is 23.2. The van der Waals surface area contributed by atoms with Crippen molar-refractivity contribution in [1.29, 1.82) is 0 Å². The van der Waals surface area contributed by atoms with E-state index in [-0.39, 0.29) is 6.42 Å². The maximum absolute atomic E-state index is 11.3. The lowest BCUT2D eigenvalue weighted by Gasteiger charge is -2.34. The van der Waals surface area contributed by atoms with Gasteiger partial charge >= 0.3 is 6.09 Å². The van der Waals surface area contributed by atoms with E-state index < -0.39 is 11.6 Å². The second kappa shape index (κ2) is 4.99. The smallest absolute Gasteiger partial charge is 0.412 e. The van der Waals surface area contributed by atoms with Crippen molar-refractivity contribution in [3.8, 4) is 0 Å². The molecule has 17 heavy (non-hydrogen) atoms. The van der Waals surface area contributed by atoms with Crippen LogP contribution in [-0.2, 0) is 11.2 Å². The number of carbonyl (C=O) groups is 2. The third kappa shape index (κ3) is 3.06. The van der Waals surface area contributed by atoms with Crippen LogP contribution < -0.4 is 4.90 Å². The van der Waals surface area contributed by atoms with Gasteiger partial charge in [0.25, 0.3) is 0 Å². The van der Waals surface area contributed by atoms with Crippen molar-refractivity contribution in [3.05, 3.63) is 29.8 Å². The fraction of sp³-hybridized carbons (Fsp3) is 0.385. The van der Waals surface area contributed by atoms with E-state index in [4.69, 9.17) is 0 Å². The molecule has 0 atom stereocenters. The highest BCUT2D eigenvalue weighted by Crippen LogP contribution is 2.27. The molecule has 0 aromatic heterocycles. The van der Waals surface area contributed by atoms with Gasteiger partial charge in [-0.25, -0.2) is 4.79 Å². The Hall–Kier alpha value is -1.84. The van der Waals surface area contributed by atoms with Crippen molar-refractivity contribution in [2.45, 2.75) is 32.7 Å². The maximum atomic E-state index is 11.3. The van der Waals surface area contributed by atoms with E-state index in [1.165, 1.54) is 4.90 Å². The first-order valence-electron chi connectivity index (χ1n) is 5.42. The zero-order chi connectivity index (χ0) is 13.1. The van der Waals surface area contributed by atoms with Crippen LogP contribution in [-0.4, -0.2) is 23.0 Å². The van der Waals surface area contributed by atoms with E-state index in [2.05, 4.69) is 0 Å². The van der Waals surface area contributed by atoms with Crippen LogP contribution in [0.4, 0.5) is 10.5 Å². The standard InChI is InChI=1S/C13H17NO3/c1-13(2,3)14(12(16)17)11-7-5-4-6-10(11)8-9-15/h4-7,9H,8H2,1-3H3,(H,16,17). The molecule has 0 aliphatic heterocycles. The van der Waals surface area contributed by atoms with Crippen LogP contribution in [0.15, 0.2) is 24.3 Å². The van der Waals surface area contributed by atoms with Crippen LogP contribution in [0, 0.1) is 0 Å². The molecule has 0 bridgehead atoms. The molecule has 0 aliphatic rings. The van der Waals surface area contributed by atoms with Gasteiger partial charge in [0, 0.05) is 12.0 Å². The lowest BCUT2D eigenvalue weighted by atomic mass is 10.0. The number of aldehydes is 1. The highest BCUT2D eigenvalue weighted by atomic mass is 16.4. The van der Waals surface area contributed by atoms with E-state index in [0.29, 0.717) is 5.69 Å². The molecule has 0 radical (unpaired) electrons. The van der Waals surface area contributed by atoms with E-state index in [0.717, 1.165) is 11.8 Å². The monoisotopic (exact) mass is 235 g/mol. The summed E-state index contributed by atoms with van der Waals surface area (Å²) in [5, 5.41) is 9.29. The third-order valence-corrected chi connectivity index (χ3v) is 2.40. The number of anilines is 1. The summed E-state index contributed by atoms with van der Waals surface area (Å²) >= 11 is 0. The number of para-hydroxylation sites is 1. The quantitative estimate of drug-likeness (QED) is 0.819.